The molecule has 0 radical (unpaired) electrons. The summed E-state index contributed by atoms with van der Waals surface area (Å²) in [6, 6.07) is 14.5. The summed E-state index contributed by atoms with van der Waals surface area (Å²) < 4.78 is 20.9. The number of rotatable bonds is 8. The van der Waals surface area contributed by atoms with Crippen molar-refractivity contribution in [1.29, 1.82) is 0 Å². The molecular weight excluding hydrogens is 461 g/mol. The van der Waals surface area contributed by atoms with Crippen LogP contribution in [-0.2, 0) is 10.2 Å². The van der Waals surface area contributed by atoms with Crippen LogP contribution in [0.3, 0.4) is 0 Å². The highest BCUT2D eigenvalue weighted by Crippen LogP contribution is 2.27. The number of methoxy groups -OCH3 is 1. The molecule has 0 aliphatic carbocycles. The molecule has 36 heavy (non-hydrogen) atoms. The van der Waals surface area contributed by atoms with E-state index in [0.717, 1.165) is 11.4 Å². The number of anilines is 2. The Balaban J connectivity index is 1.83. The summed E-state index contributed by atoms with van der Waals surface area (Å²) in [6.07, 6.45) is 0. The fourth-order valence-electron chi connectivity index (χ4n) is 3.53. The summed E-state index contributed by atoms with van der Waals surface area (Å²) in [4.78, 5) is 27.4. The third-order valence-electron chi connectivity index (χ3n) is 5.38. The number of carbonyl (C=O) groups is 2. The number of halogens is 1. The molecule has 3 rings (SSSR count). The van der Waals surface area contributed by atoms with E-state index in [1.807, 2.05) is 65.0 Å². The van der Waals surface area contributed by atoms with Crippen LogP contribution in [0.2, 0.25) is 0 Å². The van der Waals surface area contributed by atoms with Crippen molar-refractivity contribution in [3.05, 3.63) is 66.1 Å². The lowest BCUT2D eigenvalue weighted by Gasteiger charge is -2.24. The Morgan fingerprint density at radius 2 is 1.75 bits per heavy atom. The maximum atomic E-state index is 14.0. The Hall–Kier alpha value is -3.88. The van der Waals surface area contributed by atoms with Crippen LogP contribution < -0.4 is 15.4 Å². The lowest BCUT2D eigenvalue weighted by atomic mass is 9.92. The first-order valence-electron chi connectivity index (χ1n) is 11.8. The number of urea groups is 1. The van der Waals surface area contributed by atoms with Gasteiger partial charge in [0.1, 0.15) is 23.9 Å². The van der Waals surface area contributed by atoms with Crippen LogP contribution in [0.4, 0.5) is 20.7 Å². The fourth-order valence-corrected chi connectivity index (χ4v) is 3.53. The predicted molar refractivity (Wildman–Crippen MR) is 139 cm³/mol. The molecule has 3 amide bonds. The molecule has 0 unspecified atom stereocenters. The van der Waals surface area contributed by atoms with Crippen LogP contribution in [-0.4, -0.2) is 46.8 Å². The van der Waals surface area contributed by atoms with Crippen molar-refractivity contribution >= 4 is 23.4 Å². The minimum atomic E-state index is -0.553. The summed E-state index contributed by atoms with van der Waals surface area (Å²) in [5, 5.41) is 10.2. The van der Waals surface area contributed by atoms with E-state index in [2.05, 4.69) is 10.6 Å². The van der Waals surface area contributed by atoms with Gasteiger partial charge in [-0.1, -0.05) is 46.8 Å². The molecule has 0 saturated carbocycles. The summed E-state index contributed by atoms with van der Waals surface area (Å²) in [6.45, 7) is 10.1. The number of benzene rings is 2. The summed E-state index contributed by atoms with van der Waals surface area (Å²) >= 11 is 0. The predicted octanol–water partition coefficient (Wildman–Crippen LogP) is 5.45. The second-order valence-corrected chi connectivity index (χ2v) is 10.0. The average Bonchev–Trinajstić information content (AvgIpc) is 3.24. The van der Waals surface area contributed by atoms with Crippen LogP contribution in [0.15, 0.2) is 54.6 Å². The Kier molecular flexibility index (Phi) is 8.34. The first kappa shape index (κ1) is 26.7. The van der Waals surface area contributed by atoms with Crippen molar-refractivity contribution in [1.82, 2.24) is 14.7 Å². The molecule has 0 atom stereocenters. The van der Waals surface area contributed by atoms with Gasteiger partial charge in [0.15, 0.2) is 0 Å². The largest absolute Gasteiger partial charge is 0.497 e. The molecule has 0 spiro atoms. The molecule has 0 saturated heterocycles. The second-order valence-electron chi connectivity index (χ2n) is 10.0. The van der Waals surface area contributed by atoms with E-state index in [1.54, 1.807) is 23.9 Å². The van der Waals surface area contributed by atoms with E-state index in [9.17, 15) is 14.0 Å². The van der Waals surface area contributed by atoms with Gasteiger partial charge >= 0.3 is 6.03 Å². The van der Waals surface area contributed by atoms with Gasteiger partial charge in [-0.05, 0) is 42.3 Å². The monoisotopic (exact) mass is 495 g/mol. The number of hydrogen-bond acceptors (Lipinski definition) is 4. The molecule has 0 bridgehead atoms. The van der Waals surface area contributed by atoms with Crippen LogP contribution in [0.1, 0.15) is 40.3 Å². The van der Waals surface area contributed by atoms with E-state index in [0.29, 0.717) is 18.1 Å². The van der Waals surface area contributed by atoms with Crippen molar-refractivity contribution < 1.29 is 18.7 Å². The first-order valence-corrected chi connectivity index (χ1v) is 11.8. The molecule has 0 aliphatic heterocycles. The molecule has 1 aromatic heterocycles. The van der Waals surface area contributed by atoms with Gasteiger partial charge in [-0.2, -0.15) is 5.10 Å². The maximum absolute atomic E-state index is 14.0. The SMILES string of the molecule is COc1ccc(-n2nc(C(C)(C)C)cc2NC(=O)CN(CC(C)C)C(=O)Nc2ccccc2F)cc1. The van der Waals surface area contributed by atoms with Gasteiger partial charge in [0.25, 0.3) is 0 Å². The lowest BCUT2D eigenvalue weighted by molar-refractivity contribution is -0.116. The van der Waals surface area contributed by atoms with E-state index in [1.165, 1.54) is 17.0 Å². The van der Waals surface area contributed by atoms with Crippen LogP contribution >= 0.6 is 0 Å². The normalized spacial score (nSPS) is 11.3. The molecule has 0 fully saturated rings. The Morgan fingerprint density at radius 1 is 1.08 bits per heavy atom. The van der Waals surface area contributed by atoms with E-state index < -0.39 is 17.8 Å². The van der Waals surface area contributed by atoms with Gasteiger partial charge in [-0.25, -0.2) is 13.9 Å². The third kappa shape index (κ3) is 6.84. The first-order chi connectivity index (χ1) is 17.0. The average molecular weight is 496 g/mol. The number of carbonyl (C=O) groups excluding carboxylic acids is 2. The summed E-state index contributed by atoms with van der Waals surface area (Å²) in [5.74, 6) is 0.348. The topological polar surface area (TPSA) is 88.5 Å². The molecule has 2 N–H and O–H groups in total. The highest BCUT2D eigenvalue weighted by atomic mass is 19.1. The summed E-state index contributed by atoms with van der Waals surface area (Å²) in [5.41, 5.74) is 1.35. The molecule has 2 aromatic carbocycles. The maximum Gasteiger partial charge on any atom is 0.322 e. The van der Waals surface area contributed by atoms with Gasteiger partial charge in [0, 0.05) is 18.0 Å². The number of amides is 3. The van der Waals surface area contributed by atoms with Gasteiger partial charge in [-0.15, -0.1) is 0 Å². The number of aromatic nitrogens is 2. The minimum absolute atomic E-state index is 0.0593. The fraction of sp³-hybridized carbons (Fsp3) is 0.370. The van der Waals surface area contributed by atoms with Gasteiger partial charge < -0.3 is 20.3 Å². The van der Waals surface area contributed by atoms with Crippen molar-refractivity contribution in [3.8, 4) is 11.4 Å². The zero-order chi connectivity index (χ0) is 26.5. The molecule has 9 heteroatoms. The second kappa shape index (κ2) is 11.2. The molecule has 8 nitrogen and oxygen atoms in total. The van der Waals surface area contributed by atoms with E-state index in [-0.39, 0.29) is 23.6 Å². The number of nitrogens with one attached hydrogen (secondary N) is 2. The smallest absolute Gasteiger partial charge is 0.322 e. The lowest BCUT2D eigenvalue weighted by Crippen LogP contribution is -2.42. The number of nitrogens with zero attached hydrogens (tertiary/aromatic N) is 3. The number of para-hydroxylation sites is 1. The van der Waals surface area contributed by atoms with Crippen LogP contribution in [0.5, 0.6) is 5.75 Å². The Bertz CT molecular complexity index is 1200. The van der Waals surface area contributed by atoms with Crippen molar-refractivity contribution in [2.75, 3.05) is 30.8 Å². The highest BCUT2D eigenvalue weighted by Gasteiger charge is 2.24. The summed E-state index contributed by atoms with van der Waals surface area (Å²) in [7, 11) is 1.59. The zero-order valence-corrected chi connectivity index (χ0v) is 21.6. The van der Waals surface area contributed by atoms with Crippen molar-refractivity contribution in [2.24, 2.45) is 5.92 Å². The molecule has 3 aromatic rings. The Morgan fingerprint density at radius 3 is 2.33 bits per heavy atom. The third-order valence-corrected chi connectivity index (χ3v) is 5.38. The molecule has 0 aliphatic rings. The minimum Gasteiger partial charge on any atom is -0.497 e. The Labute approximate surface area is 211 Å². The van der Waals surface area contributed by atoms with Crippen LogP contribution in [0.25, 0.3) is 5.69 Å². The quantitative estimate of drug-likeness (QED) is 0.435. The number of ether oxygens (including phenoxy) is 1. The number of hydrogen-bond donors (Lipinski definition) is 2. The highest BCUT2D eigenvalue weighted by molar-refractivity contribution is 5.96. The van der Waals surface area contributed by atoms with Crippen molar-refractivity contribution in [2.45, 2.75) is 40.0 Å². The molecule has 1 heterocycles. The van der Waals surface area contributed by atoms with Gasteiger partial charge in [-0.3, -0.25) is 4.79 Å². The van der Waals surface area contributed by atoms with Gasteiger partial charge in [0.05, 0.1) is 24.2 Å². The standard InChI is InChI=1S/C27H34FN5O3/c1-18(2)16-32(26(35)29-22-10-8-7-9-21(22)28)17-25(34)30-24-15-23(27(3,4)5)31-33(24)19-11-13-20(36-6)14-12-19/h7-15,18H,16-17H2,1-6H3,(H,29,35)(H,30,34). The van der Waals surface area contributed by atoms with Crippen LogP contribution in [0, 0.1) is 11.7 Å². The van der Waals surface area contributed by atoms with E-state index >= 15 is 0 Å². The zero-order valence-electron chi connectivity index (χ0n) is 21.6. The van der Waals surface area contributed by atoms with E-state index in [4.69, 9.17) is 9.84 Å². The van der Waals surface area contributed by atoms with Gasteiger partial charge in [0.2, 0.25) is 5.91 Å². The molecular formula is C27H34FN5O3. The van der Waals surface area contributed by atoms with Crippen molar-refractivity contribution in [3.63, 3.8) is 0 Å². The molecule has 192 valence electrons.